The fraction of sp³-hybridized carbons (Fsp3) is 0.250. The number of halogens is 2. The Hall–Kier alpha value is -3.29. The molecule has 0 heterocycles. The molecular formula is C20H18F2N2O4. The average Bonchev–Trinajstić information content (AvgIpc) is 3.48. The van der Waals surface area contributed by atoms with Crippen molar-refractivity contribution in [3.63, 3.8) is 0 Å². The lowest BCUT2D eigenvalue weighted by Crippen LogP contribution is -2.35. The molecule has 2 aromatic carbocycles. The van der Waals surface area contributed by atoms with Crippen molar-refractivity contribution in [2.75, 3.05) is 17.2 Å². The van der Waals surface area contributed by atoms with Crippen LogP contribution in [0, 0.1) is 17.0 Å². The van der Waals surface area contributed by atoms with E-state index in [1.54, 1.807) is 6.92 Å². The van der Waals surface area contributed by atoms with Crippen LogP contribution >= 0.6 is 0 Å². The van der Waals surface area contributed by atoms with E-state index in [-0.39, 0.29) is 12.3 Å². The third-order valence-corrected chi connectivity index (χ3v) is 4.45. The predicted molar refractivity (Wildman–Crippen MR) is 97.7 cm³/mol. The van der Waals surface area contributed by atoms with Crippen molar-refractivity contribution in [3.8, 4) is 0 Å². The van der Waals surface area contributed by atoms with Crippen molar-refractivity contribution >= 4 is 29.2 Å². The van der Waals surface area contributed by atoms with Crippen molar-refractivity contribution in [1.29, 1.82) is 0 Å². The van der Waals surface area contributed by atoms with Crippen LogP contribution < -0.4 is 10.6 Å². The third-order valence-electron chi connectivity index (χ3n) is 4.45. The second-order valence-electron chi connectivity index (χ2n) is 6.42. The maximum absolute atomic E-state index is 13.3. The minimum atomic E-state index is -1.26. The van der Waals surface area contributed by atoms with Crippen LogP contribution in [0.4, 0.5) is 20.2 Å². The molecule has 0 aliphatic heterocycles. The van der Waals surface area contributed by atoms with E-state index in [4.69, 9.17) is 4.74 Å². The monoisotopic (exact) mass is 388 g/mol. The van der Waals surface area contributed by atoms with Crippen molar-refractivity contribution in [1.82, 2.24) is 0 Å². The molecule has 1 saturated carbocycles. The summed E-state index contributed by atoms with van der Waals surface area (Å²) < 4.78 is 31.2. The summed E-state index contributed by atoms with van der Waals surface area (Å²) in [5, 5.41) is 5.09. The number of ether oxygens (including phenoxy) is 1. The molecule has 0 radical (unpaired) electrons. The summed E-state index contributed by atoms with van der Waals surface area (Å²) in [6, 6.07) is 9.06. The van der Waals surface area contributed by atoms with E-state index in [0.29, 0.717) is 24.1 Å². The molecule has 2 N–H and O–H groups in total. The molecule has 28 heavy (non-hydrogen) atoms. The van der Waals surface area contributed by atoms with Gasteiger partial charge in [-0.25, -0.2) is 13.6 Å². The maximum atomic E-state index is 13.3. The number of carbonyl (C=O) groups excluding carboxylic acids is 3. The minimum Gasteiger partial charge on any atom is -0.462 e. The second-order valence-corrected chi connectivity index (χ2v) is 6.42. The molecule has 0 unspecified atom stereocenters. The highest BCUT2D eigenvalue weighted by molar-refractivity contribution is 6.16. The Morgan fingerprint density at radius 3 is 2.04 bits per heavy atom. The summed E-state index contributed by atoms with van der Waals surface area (Å²) >= 11 is 0. The minimum absolute atomic E-state index is 0.0711. The van der Waals surface area contributed by atoms with Gasteiger partial charge >= 0.3 is 5.97 Å². The second kappa shape index (κ2) is 7.75. The average molecular weight is 388 g/mol. The molecular weight excluding hydrogens is 370 g/mol. The number of carbonyl (C=O) groups is 3. The number of hydrogen-bond donors (Lipinski definition) is 2. The van der Waals surface area contributed by atoms with E-state index in [1.165, 1.54) is 30.3 Å². The van der Waals surface area contributed by atoms with E-state index >= 15 is 0 Å². The molecule has 1 fully saturated rings. The first-order chi connectivity index (χ1) is 13.4. The van der Waals surface area contributed by atoms with Gasteiger partial charge in [-0.2, -0.15) is 0 Å². The van der Waals surface area contributed by atoms with Gasteiger partial charge in [0.05, 0.1) is 12.2 Å². The molecule has 8 heteroatoms. The van der Waals surface area contributed by atoms with Gasteiger partial charge in [0.2, 0.25) is 11.8 Å². The highest BCUT2D eigenvalue weighted by Gasteiger charge is 2.56. The first-order valence-corrected chi connectivity index (χ1v) is 8.71. The van der Waals surface area contributed by atoms with E-state index in [0.717, 1.165) is 12.1 Å². The summed E-state index contributed by atoms with van der Waals surface area (Å²) in [7, 11) is 0. The highest BCUT2D eigenvalue weighted by atomic mass is 19.2. The van der Waals surface area contributed by atoms with Gasteiger partial charge < -0.3 is 15.4 Å². The standard InChI is InChI=1S/C20H18F2N2O4/c1-2-28-17(25)12-3-5-13(6-4-12)23-18(26)20(9-10-20)19(27)24-14-7-8-15(21)16(22)11-14/h3-8,11H,2,9-10H2,1H3,(H,23,26)(H,24,27). The van der Waals surface area contributed by atoms with Gasteiger partial charge in [0, 0.05) is 17.4 Å². The van der Waals surface area contributed by atoms with Crippen molar-refractivity contribution in [2.24, 2.45) is 5.41 Å². The summed E-state index contributed by atoms with van der Waals surface area (Å²) in [5.41, 5.74) is -0.422. The van der Waals surface area contributed by atoms with Crippen LogP contribution in [0.1, 0.15) is 30.1 Å². The van der Waals surface area contributed by atoms with Gasteiger partial charge in [-0.1, -0.05) is 0 Å². The number of nitrogens with one attached hydrogen (secondary N) is 2. The number of esters is 1. The lowest BCUT2D eigenvalue weighted by atomic mass is 10.0. The molecule has 2 aromatic rings. The van der Waals surface area contributed by atoms with Gasteiger partial charge in [-0.05, 0) is 56.2 Å². The molecule has 0 aromatic heterocycles. The first-order valence-electron chi connectivity index (χ1n) is 8.71. The van der Waals surface area contributed by atoms with Crippen LogP contribution in [0.25, 0.3) is 0 Å². The smallest absolute Gasteiger partial charge is 0.338 e. The van der Waals surface area contributed by atoms with Gasteiger partial charge in [0.15, 0.2) is 11.6 Å². The molecule has 0 spiro atoms. The topological polar surface area (TPSA) is 84.5 Å². The maximum Gasteiger partial charge on any atom is 0.338 e. The molecule has 6 nitrogen and oxygen atoms in total. The zero-order valence-electron chi connectivity index (χ0n) is 15.1. The molecule has 0 atom stereocenters. The van der Waals surface area contributed by atoms with E-state index in [2.05, 4.69) is 10.6 Å². The number of benzene rings is 2. The van der Waals surface area contributed by atoms with Crippen molar-refractivity contribution < 1.29 is 27.9 Å². The van der Waals surface area contributed by atoms with Crippen molar-refractivity contribution in [2.45, 2.75) is 19.8 Å². The summed E-state index contributed by atoms with van der Waals surface area (Å²) in [6.45, 7) is 1.96. The molecule has 1 aliphatic rings. The Morgan fingerprint density at radius 1 is 0.929 bits per heavy atom. The Morgan fingerprint density at radius 2 is 1.50 bits per heavy atom. The fourth-order valence-electron chi connectivity index (χ4n) is 2.66. The van der Waals surface area contributed by atoms with Gasteiger partial charge in [-0.3, -0.25) is 9.59 Å². The molecule has 146 valence electrons. The van der Waals surface area contributed by atoms with Gasteiger partial charge in [-0.15, -0.1) is 0 Å². The van der Waals surface area contributed by atoms with E-state index in [1.807, 2.05) is 0 Å². The quantitative estimate of drug-likeness (QED) is 0.586. The number of amides is 2. The summed E-state index contributed by atoms with van der Waals surface area (Å²) in [5.74, 6) is -3.67. The molecule has 0 saturated heterocycles. The summed E-state index contributed by atoms with van der Waals surface area (Å²) in [4.78, 5) is 36.7. The molecule has 0 bridgehead atoms. The van der Waals surface area contributed by atoms with Crippen molar-refractivity contribution in [3.05, 3.63) is 59.7 Å². The summed E-state index contributed by atoms with van der Waals surface area (Å²) in [6.07, 6.45) is 0.685. The number of hydrogen-bond acceptors (Lipinski definition) is 4. The van der Waals surface area contributed by atoms with E-state index in [9.17, 15) is 23.2 Å². The predicted octanol–water partition coefficient (Wildman–Crippen LogP) is 3.50. The Kier molecular flexibility index (Phi) is 5.39. The molecule has 1 aliphatic carbocycles. The van der Waals surface area contributed by atoms with Crippen LogP contribution in [-0.2, 0) is 14.3 Å². The van der Waals surface area contributed by atoms with E-state index < -0.39 is 34.8 Å². The third kappa shape index (κ3) is 4.00. The Balaban J connectivity index is 1.65. The number of anilines is 2. The molecule has 3 rings (SSSR count). The Bertz CT molecular complexity index is 924. The largest absolute Gasteiger partial charge is 0.462 e. The zero-order valence-corrected chi connectivity index (χ0v) is 15.1. The normalized spacial score (nSPS) is 14.1. The van der Waals surface area contributed by atoms with Gasteiger partial charge in [0.1, 0.15) is 5.41 Å². The SMILES string of the molecule is CCOC(=O)c1ccc(NC(=O)C2(C(=O)Nc3ccc(F)c(F)c3)CC2)cc1. The Labute approximate surface area is 159 Å². The lowest BCUT2D eigenvalue weighted by Gasteiger charge is -2.16. The first kappa shape index (κ1) is 19.5. The van der Waals surface area contributed by atoms with Crippen LogP contribution in [0.3, 0.4) is 0 Å². The zero-order chi connectivity index (χ0) is 20.3. The lowest BCUT2D eigenvalue weighted by molar-refractivity contribution is -0.131. The van der Waals surface area contributed by atoms with Crippen LogP contribution in [0.5, 0.6) is 0 Å². The van der Waals surface area contributed by atoms with Crippen LogP contribution in [-0.4, -0.2) is 24.4 Å². The number of rotatable bonds is 6. The van der Waals surface area contributed by atoms with Crippen LogP contribution in [0.15, 0.2) is 42.5 Å². The molecule has 2 amide bonds. The van der Waals surface area contributed by atoms with Gasteiger partial charge in [0.25, 0.3) is 0 Å². The van der Waals surface area contributed by atoms with Crippen LogP contribution in [0.2, 0.25) is 0 Å². The highest BCUT2D eigenvalue weighted by Crippen LogP contribution is 2.47. The fourth-order valence-corrected chi connectivity index (χ4v) is 2.66.